The van der Waals surface area contributed by atoms with Crippen molar-refractivity contribution in [2.24, 2.45) is 4.99 Å². The van der Waals surface area contributed by atoms with Crippen molar-refractivity contribution in [2.45, 2.75) is 44.6 Å². The fraction of sp³-hybridized carbons (Fsp3) is 0.562. The van der Waals surface area contributed by atoms with E-state index in [-0.39, 0.29) is 10.8 Å². The lowest BCUT2D eigenvalue weighted by molar-refractivity contribution is 0.373. The van der Waals surface area contributed by atoms with Crippen LogP contribution in [0.3, 0.4) is 0 Å². The lowest BCUT2D eigenvalue weighted by Crippen LogP contribution is -2.31. The second kappa shape index (κ2) is 8.62. The van der Waals surface area contributed by atoms with Crippen LogP contribution in [0, 0.1) is 0 Å². The number of phenols is 1. The first-order chi connectivity index (χ1) is 10.2. The average molecular weight is 329 g/mol. The molecule has 2 N–H and O–H groups in total. The number of phenolic OH excluding ortho intramolecular Hbond substituents is 1. The van der Waals surface area contributed by atoms with E-state index in [4.69, 9.17) is 23.2 Å². The maximum Gasteiger partial charge on any atom is 0.143 e. The summed E-state index contributed by atoms with van der Waals surface area (Å²) in [6.07, 6.45) is 9.31. The highest BCUT2D eigenvalue weighted by atomic mass is 35.5. The number of hydrogen-bond donors (Lipinski definition) is 2. The largest absolute Gasteiger partial charge is 0.506 e. The number of nitrogens with one attached hydrogen (secondary N) is 1. The number of nitrogens with zero attached hydrogens (tertiary/aromatic N) is 1. The second-order valence-corrected chi connectivity index (χ2v) is 6.35. The first-order valence-corrected chi connectivity index (χ1v) is 8.33. The third kappa shape index (κ3) is 5.50. The molecule has 0 unspecified atom stereocenters. The minimum absolute atomic E-state index is 0.0325. The second-order valence-electron chi connectivity index (χ2n) is 5.50. The fourth-order valence-electron chi connectivity index (χ4n) is 2.63. The highest BCUT2D eigenvalue weighted by molar-refractivity contribution is 6.36. The Morgan fingerprint density at radius 3 is 2.76 bits per heavy atom. The van der Waals surface area contributed by atoms with E-state index >= 15 is 0 Å². The van der Waals surface area contributed by atoms with Crippen LogP contribution in [0.15, 0.2) is 17.1 Å². The van der Waals surface area contributed by atoms with Crippen LogP contribution in [0.1, 0.15) is 44.1 Å². The van der Waals surface area contributed by atoms with E-state index in [1.54, 1.807) is 12.3 Å². The third-order valence-electron chi connectivity index (χ3n) is 3.79. The van der Waals surface area contributed by atoms with Crippen LogP contribution in [-0.2, 0) is 0 Å². The monoisotopic (exact) mass is 328 g/mol. The number of halogens is 2. The molecular formula is C16H22Cl2N2O. The summed E-state index contributed by atoms with van der Waals surface area (Å²) in [7, 11) is 0. The van der Waals surface area contributed by atoms with Gasteiger partial charge in [-0.1, -0.05) is 42.5 Å². The van der Waals surface area contributed by atoms with Crippen molar-refractivity contribution in [3.05, 3.63) is 27.7 Å². The molecule has 1 aromatic carbocycles. The van der Waals surface area contributed by atoms with Crippen molar-refractivity contribution in [2.75, 3.05) is 13.1 Å². The molecule has 1 aromatic rings. The molecule has 0 atom stereocenters. The summed E-state index contributed by atoms with van der Waals surface area (Å²) in [5.74, 6) is 0.0325. The van der Waals surface area contributed by atoms with Crippen LogP contribution >= 0.6 is 23.2 Å². The summed E-state index contributed by atoms with van der Waals surface area (Å²) in [4.78, 5) is 4.33. The smallest absolute Gasteiger partial charge is 0.143 e. The van der Waals surface area contributed by atoms with E-state index in [9.17, 15) is 5.11 Å². The summed E-state index contributed by atoms with van der Waals surface area (Å²) < 4.78 is 0. The van der Waals surface area contributed by atoms with Crippen LogP contribution in [0.4, 0.5) is 0 Å². The summed E-state index contributed by atoms with van der Waals surface area (Å²) in [5, 5.41) is 14.1. The molecule has 0 bridgehead atoms. The van der Waals surface area contributed by atoms with Crippen molar-refractivity contribution in [3.8, 4) is 5.75 Å². The van der Waals surface area contributed by atoms with Gasteiger partial charge in [-0.2, -0.15) is 0 Å². The number of hydrogen-bond acceptors (Lipinski definition) is 3. The van der Waals surface area contributed by atoms with Crippen molar-refractivity contribution in [3.63, 3.8) is 0 Å². The van der Waals surface area contributed by atoms with Crippen molar-refractivity contribution >= 4 is 29.4 Å². The Hall–Kier alpha value is -0.770. The molecule has 0 amide bonds. The first kappa shape index (κ1) is 16.6. The van der Waals surface area contributed by atoms with Gasteiger partial charge in [-0.15, -0.1) is 0 Å². The lowest BCUT2D eigenvalue weighted by Gasteiger charge is -2.22. The maximum atomic E-state index is 9.80. The zero-order valence-corrected chi connectivity index (χ0v) is 13.6. The van der Waals surface area contributed by atoms with E-state index in [0.717, 1.165) is 19.5 Å². The van der Waals surface area contributed by atoms with Gasteiger partial charge in [-0.25, -0.2) is 0 Å². The molecule has 1 saturated carbocycles. The Bertz CT molecular complexity index is 485. The molecule has 5 heteroatoms. The van der Waals surface area contributed by atoms with Crippen LogP contribution in [0.5, 0.6) is 5.75 Å². The standard InChI is InChI=1S/C16H22Cl2N2O/c17-13-9-12(16(21)15(18)10-13)11-19-7-4-8-20-14-5-2-1-3-6-14/h9-11,14,20-21H,1-8H2. The Labute approximate surface area is 136 Å². The molecular weight excluding hydrogens is 307 g/mol. The molecule has 0 radical (unpaired) electrons. The van der Waals surface area contributed by atoms with E-state index in [1.807, 2.05) is 0 Å². The first-order valence-electron chi connectivity index (χ1n) is 7.58. The SMILES string of the molecule is Oc1c(Cl)cc(Cl)cc1C=NCCCNC1CCCCC1. The highest BCUT2D eigenvalue weighted by Gasteiger charge is 2.11. The molecule has 116 valence electrons. The summed E-state index contributed by atoms with van der Waals surface area (Å²) in [6.45, 7) is 1.72. The Morgan fingerprint density at radius 2 is 2.00 bits per heavy atom. The van der Waals surface area contributed by atoms with E-state index in [0.29, 0.717) is 16.6 Å². The van der Waals surface area contributed by atoms with Gasteiger partial charge in [0.05, 0.1) is 5.02 Å². The Kier molecular flexibility index (Phi) is 6.81. The van der Waals surface area contributed by atoms with Crippen molar-refractivity contribution in [1.29, 1.82) is 0 Å². The van der Waals surface area contributed by atoms with Crippen molar-refractivity contribution in [1.82, 2.24) is 5.32 Å². The topological polar surface area (TPSA) is 44.6 Å². The summed E-state index contributed by atoms with van der Waals surface area (Å²) >= 11 is 11.8. The quantitative estimate of drug-likeness (QED) is 0.599. The van der Waals surface area contributed by atoms with Gasteiger partial charge in [0.2, 0.25) is 0 Å². The third-order valence-corrected chi connectivity index (χ3v) is 4.30. The molecule has 0 saturated heterocycles. The van der Waals surface area contributed by atoms with Crippen LogP contribution < -0.4 is 5.32 Å². The number of rotatable bonds is 6. The normalized spacial score (nSPS) is 16.7. The zero-order chi connectivity index (χ0) is 15.1. The minimum atomic E-state index is 0.0325. The van der Waals surface area contributed by atoms with E-state index in [2.05, 4.69) is 10.3 Å². The predicted molar refractivity (Wildman–Crippen MR) is 90.1 cm³/mol. The van der Waals surface area contributed by atoms with Gasteiger partial charge < -0.3 is 10.4 Å². The van der Waals surface area contributed by atoms with Crippen LogP contribution in [0.25, 0.3) is 0 Å². The minimum Gasteiger partial charge on any atom is -0.506 e. The number of aromatic hydroxyl groups is 1. The molecule has 1 fully saturated rings. The predicted octanol–water partition coefficient (Wildman–Crippen LogP) is 4.43. The van der Waals surface area contributed by atoms with Crippen LogP contribution in [-0.4, -0.2) is 30.5 Å². The molecule has 0 aromatic heterocycles. The summed E-state index contributed by atoms with van der Waals surface area (Å²) in [6, 6.07) is 3.87. The molecule has 1 aliphatic carbocycles. The van der Waals surface area contributed by atoms with Gasteiger partial charge in [-0.05, 0) is 37.9 Å². The van der Waals surface area contributed by atoms with E-state index < -0.39 is 0 Å². The molecule has 3 nitrogen and oxygen atoms in total. The summed E-state index contributed by atoms with van der Waals surface area (Å²) in [5.41, 5.74) is 0.563. The fourth-order valence-corrected chi connectivity index (χ4v) is 3.14. The average Bonchev–Trinajstić information content (AvgIpc) is 2.48. The Morgan fingerprint density at radius 1 is 1.24 bits per heavy atom. The number of aliphatic imine (C=N–C) groups is 1. The highest BCUT2D eigenvalue weighted by Crippen LogP contribution is 2.29. The lowest BCUT2D eigenvalue weighted by atomic mass is 9.95. The van der Waals surface area contributed by atoms with Gasteiger partial charge in [0.1, 0.15) is 5.75 Å². The maximum absolute atomic E-state index is 9.80. The van der Waals surface area contributed by atoms with Crippen molar-refractivity contribution < 1.29 is 5.11 Å². The molecule has 0 spiro atoms. The van der Waals surface area contributed by atoms with Gasteiger partial charge >= 0.3 is 0 Å². The molecule has 2 rings (SSSR count). The molecule has 0 aliphatic heterocycles. The van der Waals surface area contributed by atoms with Crippen LogP contribution in [0.2, 0.25) is 10.0 Å². The van der Waals surface area contributed by atoms with Gasteiger partial charge in [0, 0.05) is 29.4 Å². The molecule has 0 heterocycles. The van der Waals surface area contributed by atoms with Gasteiger partial charge in [0.25, 0.3) is 0 Å². The zero-order valence-electron chi connectivity index (χ0n) is 12.1. The molecule has 21 heavy (non-hydrogen) atoms. The van der Waals surface area contributed by atoms with E-state index in [1.165, 1.54) is 38.2 Å². The molecule has 1 aliphatic rings. The number of benzene rings is 1. The van der Waals surface area contributed by atoms with Gasteiger partial charge in [0.15, 0.2) is 0 Å². The van der Waals surface area contributed by atoms with Gasteiger partial charge in [-0.3, -0.25) is 4.99 Å². The Balaban J connectivity index is 1.70.